The lowest BCUT2D eigenvalue weighted by Gasteiger charge is -2.26. The number of hydrogen-bond acceptors (Lipinski definition) is 4. The summed E-state index contributed by atoms with van der Waals surface area (Å²) in [6.45, 7) is 6.64. The summed E-state index contributed by atoms with van der Waals surface area (Å²) in [5.41, 5.74) is 4.03. The smallest absolute Gasteiger partial charge is 0.295 e. The maximum Gasteiger partial charge on any atom is 0.295 e. The summed E-state index contributed by atoms with van der Waals surface area (Å²) in [4.78, 5) is 29.1. The Morgan fingerprint density at radius 2 is 1.82 bits per heavy atom. The maximum atomic E-state index is 13.7. The first kappa shape index (κ1) is 22.2. The average molecular weight is 474 g/mol. The third-order valence-electron chi connectivity index (χ3n) is 6.25. The van der Waals surface area contributed by atoms with Gasteiger partial charge in [-0.2, -0.15) is 0 Å². The lowest BCUT2D eigenvalue weighted by molar-refractivity contribution is 0.0971. The number of rotatable bonds is 5. The van der Waals surface area contributed by atoms with E-state index in [-0.39, 0.29) is 17.1 Å². The Morgan fingerprint density at radius 3 is 2.59 bits per heavy atom. The van der Waals surface area contributed by atoms with Gasteiger partial charge in [-0.15, -0.1) is 0 Å². The zero-order valence-electron chi connectivity index (χ0n) is 19.2. The first-order chi connectivity index (χ1) is 16.4. The summed E-state index contributed by atoms with van der Waals surface area (Å²) >= 11 is 6.18. The third kappa shape index (κ3) is 3.66. The molecule has 1 unspecified atom stereocenters. The lowest BCUT2D eigenvalue weighted by atomic mass is 9.97. The number of ether oxygens (including phenoxy) is 1. The number of carbonyl (C=O) groups is 1. The Hall–Kier alpha value is -3.57. The van der Waals surface area contributed by atoms with E-state index in [1.54, 1.807) is 23.1 Å². The molecule has 6 heteroatoms. The number of hydrogen-bond donors (Lipinski definition) is 0. The van der Waals surface area contributed by atoms with Gasteiger partial charge in [-0.1, -0.05) is 36.7 Å². The van der Waals surface area contributed by atoms with Gasteiger partial charge in [0.2, 0.25) is 5.76 Å². The van der Waals surface area contributed by atoms with Crippen LogP contribution in [0.25, 0.3) is 11.0 Å². The van der Waals surface area contributed by atoms with E-state index in [0.717, 1.165) is 23.1 Å². The molecule has 3 aromatic carbocycles. The predicted octanol–water partition coefficient (Wildman–Crippen LogP) is 6.60. The molecule has 1 atom stereocenters. The fourth-order valence-corrected chi connectivity index (χ4v) is 4.57. The van der Waals surface area contributed by atoms with Gasteiger partial charge in [0.05, 0.1) is 23.6 Å². The van der Waals surface area contributed by atoms with Gasteiger partial charge in [-0.3, -0.25) is 14.5 Å². The molecule has 0 aliphatic carbocycles. The molecule has 5 nitrogen and oxygen atoms in total. The number of nitrogens with zero attached hydrogens (tertiary/aromatic N) is 1. The topological polar surface area (TPSA) is 59.8 Å². The van der Waals surface area contributed by atoms with Crippen LogP contribution in [0.15, 0.2) is 69.9 Å². The van der Waals surface area contributed by atoms with Gasteiger partial charge in [-0.25, -0.2) is 0 Å². The third-order valence-corrected chi connectivity index (χ3v) is 6.48. The minimum absolute atomic E-state index is 0.0583. The Balaban J connectivity index is 1.77. The highest BCUT2D eigenvalue weighted by atomic mass is 35.5. The van der Waals surface area contributed by atoms with E-state index in [4.69, 9.17) is 20.8 Å². The summed E-state index contributed by atoms with van der Waals surface area (Å²) in [6, 6.07) is 17.6. The van der Waals surface area contributed by atoms with Gasteiger partial charge < -0.3 is 9.15 Å². The Kier molecular flexibility index (Phi) is 5.66. The van der Waals surface area contributed by atoms with Crippen LogP contribution in [0, 0.1) is 13.8 Å². The second kappa shape index (κ2) is 8.65. The van der Waals surface area contributed by atoms with Gasteiger partial charge >= 0.3 is 0 Å². The molecule has 5 rings (SSSR count). The maximum absolute atomic E-state index is 13.7. The summed E-state index contributed by atoms with van der Waals surface area (Å²) < 4.78 is 11.9. The van der Waals surface area contributed by atoms with Gasteiger partial charge in [0.25, 0.3) is 5.91 Å². The Morgan fingerprint density at radius 1 is 1.00 bits per heavy atom. The number of fused-ring (bicyclic) bond motifs is 2. The van der Waals surface area contributed by atoms with E-state index < -0.39 is 6.04 Å². The molecule has 0 saturated heterocycles. The largest absolute Gasteiger partial charge is 0.494 e. The highest BCUT2D eigenvalue weighted by Crippen LogP contribution is 2.42. The van der Waals surface area contributed by atoms with Crippen LogP contribution < -0.4 is 15.1 Å². The van der Waals surface area contributed by atoms with Gasteiger partial charge in [0.15, 0.2) is 5.43 Å². The monoisotopic (exact) mass is 473 g/mol. The summed E-state index contributed by atoms with van der Waals surface area (Å²) in [6.07, 6.45) is 0.875. The minimum atomic E-state index is -0.658. The van der Waals surface area contributed by atoms with Crippen molar-refractivity contribution < 1.29 is 13.9 Å². The molecular formula is C28H24ClNO4. The number of aryl methyl sites for hydroxylation is 2. The second-order valence-electron chi connectivity index (χ2n) is 8.58. The SMILES string of the molecule is CCCOc1cccc(C2c3c(oc4ccc(Cl)cc4c3=O)C(=O)N2c2ccc(C)c(C)c2)c1. The van der Waals surface area contributed by atoms with Crippen LogP contribution in [0.1, 0.15) is 52.2 Å². The van der Waals surface area contributed by atoms with Crippen LogP contribution in [-0.4, -0.2) is 12.5 Å². The fraction of sp³-hybridized carbons (Fsp3) is 0.214. The van der Waals surface area contributed by atoms with Crippen LogP contribution in [0.3, 0.4) is 0 Å². The Labute approximate surface area is 202 Å². The van der Waals surface area contributed by atoms with Crippen molar-refractivity contribution in [1.29, 1.82) is 0 Å². The zero-order valence-corrected chi connectivity index (χ0v) is 20.0. The van der Waals surface area contributed by atoms with E-state index in [2.05, 4.69) is 0 Å². The molecule has 0 saturated carbocycles. The number of amides is 1. The van der Waals surface area contributed by atoms with Crippen LogP contribution >= 0.6 is 11.6 Å². The molecule has 4 aromatic rings. The van der Waals surface area contributed by atoms with Crippen molar-refractivity contribution in [3.05, 3.63) is 104 Å². The van der Waals surface area contributed by atoms with Crippen molar-refractivity contribution in [1.82, 2.24) is 0 Å². The molecule has 34 heavy (non-hydrogen) atoms. The van der Waals surface area contributed by atoms with Crippen LogP contribution in [0.4, 0.5) is 5.69 Å². The van der Waals surface area contributed by atoms with Crippen LogP contribution in [0.5, 0.6) is 5.75 Å². The van der Waals surface area contributed by atoms with E-state index >= 15 is 0 Å². The molecule has 1 aromatic heterocycles. The number of anilines is 1. The molecule has 1 aliphatic heterocycles. The van der Waals surface area contributed by atoms with E-state index in [9.17, 15) is 9.59 Å². The summed E-state index contributed by atoms with van der Waals surface area (Å²) in [7, 11) is 0. The van der Waals surface area contributed by atoms with Crippen LogP contribution in [0.2, 0.25) is 5.02 Å². The second-order valence-corrected chi connectivity index (χ2v) is 9.02. The first-order valence-electron chi connectivity index (χ1n) is 11.3. The van der Waals surface area contributed by atoms with Gasteiger partial charge in [0.1, 0.15) is 11.3 Å². The van der Waals surface area contributed by atoms with Crippen molar-refractivity contribution in [3.63, 3.8) is 0 Å². The quantitative estimate of drug-likeness (QED) is 0.327. The lowest BCUT2D eigenvalue weighted by Crippen LogP contribution is -2.29. The van der Waals surface area contributed by atoms with Gasteiger partial charge in [-0.05, 0) is 79.4 Å². The molecule has 0 fully saturated rings. The van der Waals surface area contributed by atoms with Crippen molar-refractivity contribution in [2.45, 2.75) is 33.2 Å². The normalized spacial score (nSPS) is 15.1. The molecule has 0 radical (unpaired) electrons. The van der Waals surface area contributed by atoms with Gasteiger partial charge in [0, 0.05) is 10.7 Å². The highest BCUT2D eigenvalue weighted by Gasteiger charge is 2.43. The number of benzene rings is 3. The molecule has 0 bridgehead atoms. The minimum Gasteiger partial charge on any atom is -0.494 e. The van der Waals surface area contributed by atoms with Crippen molar-refractivity contribution in [2.75, 3.05) is 11.5 Å². The Bertz CT molecular complexity index is 1490. The molecule has 0 N–H and O–H groups in total. The standard InChI is InChI=1S/C28H24ClNO4/c1-4-12-33-21-7-5-6-18(14-21)25-24-26(31)22-15-19(29)9-11-23(22)34-27(24)28(32)30(25)20-10-8-16(2)17(3)13-20/h5-11,13-15,25H,4,12H2,1-3H3. The van der Waals surface area contributed by atoms with E-state index in [1.807, 2.05) is 63.2 Å². The molecule has 172 valence electrons. The average Bonchev–Trinajstić information content (AvgIpc) is 3.13. The van der Waals surface area contributed by atoms with Crippen LogP contribution in [-0.2, 0) is 0 Å². The summed E-state index contributed by atoms with van der Waals surface area (Å²) in [5, 5.41) is 0.783. The predicted molar refractivity (Wildman–Crippen MR) is 134 cm³/mol. The molecular weight excluding hydrogens is 450 g/mol. The molecule has 1 aliphatic rings. The van der Waals surface area contributed by atoms with Crippen molar-refractivity contribution >= 4 is 34.2 Å². The number of carbonyl (C=O) groups excluding carboxylic acids is 1. The molecule has 1 amide bonds. The highest BCUT2D eigenvalue weighted by molar-refractivity contribution is 6.31. The van der Waals surface area contributed by atoms with Crippen molar-refractivity contribution in [2.24, 2.45) is 0 Å². The van der Waals surface area contributed by atoms with Crippen molar-refractivity contribution in [3.8, 4) is 5.75 Å². The van der Waals surface area contributed by atoms with E-state index in [0.29, 0.717) is 39.6 Å². The molecule has 2 heterocycles. The summed E-state index contributed by atoms with van der Waals surface area (Å²) in [5.74, 6) is 0.397. The van der Waals surface area contributed by atoms with E-state index in [1.165, 1.54) is 0 Å². The molecule has 0 spiro atoms. The first-order valence-corrected chi connectivity index (χ1v) is 11.7. The zero-order chi connectivity index (χ0) is 24.0. The fourth-order valence-electron chi connectivity index (χ4n) is 4.40. The number of halogens is 1.